The van der Waals surface area contributed by atoms with Crippen molar-refractivity contribution in [2.45, 2.75) is 31.8 Å². The van der Waals surface area contributed by atoms with Crippen molar-refractivity contribution in [3.8, 4) is 11.3 Å². The number of pyridine rings is 1. The lowest BCUT2D eigenvalue weighted by atomic mass is 9.92. The Balaban J connectivity index is 1.10. The third-order valence-corrected chi connectivity index (χ3v) is 9.23. The summed E-state index contributed by atoms with van der Waals surface area (Å²) in [6.07, 6.45) is 4.79. The molecule has 4 aromatic rings. The maximum atomic E-state index is 13.1. The van der Waals surface area contributed by atoms with Crippen LogP contribution in [0.25, 0.3) is 22.3 Å². The van der Waals surface area contributed by atoms with Gasteiger partial charge in [-0.05, 0) is 67.8 Å². The minimum Gasteiger partial charge on any atom is -0.378 e. The average molecular weight is 617 g/mol. The number of piperidine rings is 1. The van der Waals surface area contributed by atoms with Gasteiger partial charge in [-0.25, -0.2) is 23.1 Å². The van der Waals surface area contributed by atoms with E-state index in [-0.39, 0.29) is 5.91 Å². The van der Waals surface area contributed by atoms with E-state index < -0.39 is 15.6 Å². The molecular weight excluding hydrogens is 580 g/mol. The van der Waals surface area contributed by atoms with Gasteiger partial charge >= 0.3 is 0 Å². The van der Waals surface area contributed by atoms with E-state index in [0.717, 1.165) is 71.6 Å². The highest BCUT2D eigenvalue weighted by Gasteiger charge is 2.34. The molecule has 0 bridgehead atoms. The van der Waals surface area contributed by atoms with Crippen LogP contribution in [0.4, 0.5) is 11.5 Å². The number of sulfonamides is 1. The maximum absolute atomic E-state index is 13.1. The second-order valence-electron chi connectivity index (χ2n) is 11.5. The minimum atomic E-state index is -3.54. The van der Waals surface area contributed by atoms with Gasteiger partial charge in [-0.3, -0.25) is 14.7 Å². The summed E-state index contributed by atoms with van der Waals surface area (Å²) in [5, 5.41) is 4.84. The molecule has 5 heterocycles. The molecule has 1 unspecified atom stereocenters. The summed E-state index contributed by atoms with van der Waals surface area (Å²) < 4.78 is 32.4. The fourth-order valence-electron chi connectivity index (χ4n) is 5.94. The van der Waals surface area contributed by atoms with E-state index in [1.165, 1.54) is 0 Å². The third-order valence-electron chi connectivity index (χ3n) is 8.02. The maximum Gasteiger partial charge on any atom is 0.274 e. The Kier molecular flexibility index (Phi) is 8.45. The summed E-state index contributed by atoms with van der Waals surface area (Å²) >= 11 is 0. The molecule has 0 aliphatic carbocycles. The van der Waals surface area contributed by atoms with Crippen LogP contribution in [0.2, 0.25) is 0 Å². The molecule has 6 rings (SSSR count). The molecule has 1 amide bonds. The molecule has 2 aliphatic rings. The number of amides is 1. The zero-order chi connectivity index (χ0) is 30.7. The number of fused-ring (bicyclic) bond motifs is 1. The number of nitrogens with zero attached hydrogens (tertiary/aromatic N) is 5. The molecule has 2 saturated heterocycles. The molecule has 3 aromatic heterocycles. The largest absolute Gasteiger partial charge is 0.378 e. The first-order chi connectivity index (χ1) is 21.2. The van der Waals surface area contributed by atoms with E-state index in [4.69, 9.17) is 4.74 Å². The van der Waals surface area contributed by atoms with Crippen molar-refractivity contribution in [3.63, 3.8) is 0 Å². The Morgan fingerprint density at radius 3 is 2.68 bits per heavy atom. The van der Waals surface area contributed by atoms with E-state index >= 15 is 0 Å². The molecule has 2 fully saturated rings. The topological polar surface area (TPSA) is 145 Å². The van der Waals surface area contributed by atoms with Crippen LogP contribution < -0.4 is 14.9 Å². The number of carbonyl (C=O) groups is 1. The van der Waals surface area contributed by atoms with Gasteiger partial charge in [-0.1, -0.05) is 18.7 Å². The van der Waals surface area contributed by atoms with Gasteiger partial charge in [-0.15, -0.1) is 0 Å². The van der Waals surface area contributed by atoms with Gasteiger partial charge in [-0.2, -0.15) is 0 Å². The minimum absolute atomic E-state index is 0.308. The first-order valence-corrected chi connectivity index (χ1v) is 16.2. The molecule has 44 heavy (non-hydrogen) atoms. The van der Waals surface area contributed by atoms with Crippen LogP contribution in [-0.4, -0.2) is 84.1 Å². The van der Waals surface area contributed by atoms with E-state index in [0.29, 0.717) is 37.7 Å². The number of aromatic amines is 1. The molecule has 0 spiro atoms. The van der Waals surface area contributed by atoms with Crippen molar-refractivity contribution in [2.24, 2.45) is 0 Å². The zero-order valence-corrected chi connectivity index (χ0v) is 25.4. The van der Waals surface area contributed by atoms with Crippen LogP contribution in [0.3, 0.4) is 0 Å². The second-order valence-corrected chi connectivity index (χ2v) is 13.1. The zero-order valence-electron chi connectivity index (χ0n) is 24.6. The number of rotatable bonds is 9. The lowest BCUT2D eigenvalue weighted by Gasteiger charge is -2.40. The fourth-order valence-corrected chi connectivity index (χ4v) is 6.88. The summed E-state index contributed by atoms with van der Waals surface area (Å²) in [5.41, 5.74) is 3.93. The number of benzene rings is 1. The standard InChI is InChI=1S/C31H36N8O4S/c1-3-44(41,42)37-31(2)10-4-12-38(20-31)19-22-9-11-32-27(17-22)30(40)35-24-7-5-23(6-8-24)26-18-25-28(36-26)33-21-34-29(25)39-13-15-43-16-14-39/h3,5-9,11,17-18,21,37H,1,4,10,12-16,19-20H2,2H3,(H,35,40)(H,33,34,36). The van der Waals surface area contributed by atoms with Crippen LogP contribution in [0, 0.1) is 0 Å². The number of hydrogen-bond acceptors (Lipinski definition) is 9. The summed E-state index contributed by atoms with van der Waals surface area (Å²) in [6.45, 7) is 10.2. The molecule has 1 aromatic carbocycles. The Labute approximate surface area is 256 Å². The number of anilines is 2. The van der Waals surface area contributed by atoms with Crippen LogP contribution in [0.1, 0.15) is 35.8 Å². The monoisotopic (exact) mass is 616 g/mol. The van der Waals surface area contributed by atoms with Gasteiger partial charge in [0.05, 0.1) is 18.6 Å². The number of likely N-dealkylation sites (tertiary alicyclic amines) is 1. The highest BCUT2D eigenvalue weighted by molar-refractivity contribution is 7.92. The average Bonchev–Trinajstić information content (AvgIpc) is 3.46. The smallest absolute Gasteiger partial charge is 0.274 e. The van der Waals surface area contributed by atoms with Gasteiger partial charge in [0.2, 0.25) is 10.0 Å². The number of ether oxygens (including phenoxy) is 1. The predicted octanol–water partition coefficient (Wildman–Crippen LogP) is 3.53. The second kappa shape index (κ2) is 12.4. The number of hydrogen-bond donors (Lipinski definition) is 3. The first kappa shape index (κ1) is 29.9. The van der Waals surface area contributed by atoms with Crippen LogP contribution in [0.15, 0.2) is 67.0 Å². The van der Waals surface area contributed by atoms with Gasteiger partial charge in [0.15, 0.2) is 0 Å². The van der Waals surface area contributed by atoms with Crippen molar-refractivity contribution in [1.29, 1.82) is 0 Å². The lowest BCUT2D eigenvalue weighted by Crippen LogP contribution is -2.55. The van der Waals surface area contributed by atoms with Gasteiger partial charge in [0, 0.05) is 54.7 Å². The van der Waals surface area contributed by atoms with Gasteiger partial charge in [0.1, 0.15) is 23.5 Å². The SMILES string of the molecule is C=CS(=O)(=O)NC1(C)CCCN(Cc2ccnc(C(=O)Nc3ccc(-c4cc5c(N6CCOCC6)ncnc5[nH]4)cc3)c2)C1. The number of carbonyl (C=O) groups excluding carboxylic acids is 1. The molecular formula is C31H36N8O4S. The van der Waals surface area contributed by atoms with Crippen molar-refractivity contribution in [1.82, 2.24) is 29.6 Å². The number of morpholine rings is 1. The summed E-state index contributed by atoms with van der Waals surface area (Å²) in [7, 11) is -3.54. The van der Waals surface area contributed by atoms with Crippen LogP contribution in [-0.2, 0) is 21.3 Å². The fraction of sp³-hybridized carbons (Fsp3) is 0.355. The van der Waals surface area contributed by atoms with E-state index in [1.54, 1.807) is 18.6 Å². The van der Waals surface area contributed by atoms with Crippen LogP contribution >= 0.6 is 0 Å². The normalized spacial score (nSPS) is 19.6. The Morgan fingerprint density at radius 2 is 1.91 bits per heavy atom. The highest BCUT2D eigenvalue weighted by Crippen LogP contribution is 2.30. The van der Waals surface area contributed by atoms with Gasteiger partial charge in [0.25, 0.3) is 5.91 Å². The van der Waals surface area contributed by atoms with Crippen molar-refractivity contribution in [2.75, 3.05) is 49.6 Å². The van der Waals surface area contributed by atoms with E-state index in [1.807, 2.05) is 37.3 Å². The van der Waals surface area contributed by atoms with E-state index in [9.17, 15) is 13.2 Å². The summed E-state index contributed by atoms with van der Waals surface area (Å²) in [4.78, 5) is 34.1. The predicted molar refractivity (Wildman–Crippen MR) is 170 cm³/mol. The Hall–Kier alpha value is -4.17. The summed E-state index contributed by atoms with van der Waals surface area (Å²) in [5.74, 6) is 0.587. The Bertz CT molecular complexity index is 1770. The molecule has 1 atom stereocenters. The molecule has 3 N–H and O–H groups in total. The third kappa shape index (κ3) is 6.81. The molecule has 2 aliphatic heterocycles. The quantitative estimate of drug-likeness (QED) is 0.257. The first-order valence-electron chi connectivity index (χ1n) is 14.6. The molecule has 0 saturated carbocycles. The van der Waals surface area contributed by atoms with Crippen molar-refractivity contribution < 1.29 is 17.9 Å². The molecule has 12 nitrogen and oxygen atoms in total. The number of nitrogens with one attached hydrogen (secondary N) is 3. The number of H-pyrrole nitrogens is 1. The number of aromatic nitrogens is 4. The van der Waals surface area contributed by atoms with E-state index in [2.05, 4.69) is 52.4 Å². The van der Waals surface area contributed by atoms with Crippen molar-refractivity contribution >= 4 is 38.5 Å². The highest BCUT2D eigenvalue weighted by atomic mass is 32.2. The lowest BCUT2D eigenvalue weighted by molar-refractivity contribution is 0.102. The van der Waals surface area contributed by atoms with Crippen molar-refractivity contribution in [3.05, 3.63) is 78.2 Å². The molecule has 230 valence electrons. The Morgan fingerprint density at radius 1 is 1.11 bits per heavy atom. The molecule has 13 heteroatoms. The molecule has 0 radical (unpaired) electrons. The summed E-state index contributed by atoms with van der Waals surface area (Å²) in [6, 6.07) is 13.3. The van der Waals surface area contributed by atoms with Gasteiger partial charge < -0.3 is 19.9 Å². The van der Waals surface area contributed by atoms with Crippen LogP contribution in [0.5, 0.6) is 0 Å².